The summed E-state index contributed by atoms with van der Waals surface area (Å²) in [5, 5.41) is 12.4. The highest BCUT2D eigenvalue weighted by molar-refractivity contribution is 7.89. The zero-order chi connectivity index (χ0) is 17.5. The van der Waals surface area contributed by atoms with Gasteiger partial charge >= 0.3 is 0 Å². The molecule has 1 aliphatic rings. The van der Waals surface area contributed by atoms with Crippen LogP contribution in [-0.2, 0) is 22.9 Å². The first-order valence-electron chi connectivity index (χ1n) is 8.24. The van der Waals surface area contributed by atoms with E-state index in [0.29, 0.717) is 18.2 Å². The van der Waals surface area contributed by atoms with E-state index in [0.717, 1.165) is 16.5 Å². The van der Waals surface area contributed by atoms with E-state index >= 15 is 0 Å². The highest BCUT2D eigenvalue weighted by Crippen LogP contribution is 2.30. The van der Waals surface area contributed by atoms with Crippen LogP contribution >= 0.6 is 0 Å². The van der Waals surface area contributed by atoms with Gasteiger partial charge in [-0.05, 0) is 22.6 Å². The van der Waals surface area contributed by atoms with Gasteiger partial charge in [0.1, 0.15) is 0 Å². The molecule has 0 fully saturated rings. The maximum atomic E-state index is 12.8. The van der Waals surface area contributed by atoms with Crippen LogP contribution in [0.4, 0.5) is 0 Å². The first-order valence-corrected chi connectivity index (χ1v) is 9.72. The number of nitrogens with one attached hydrogen (secondary N) is 1. The van der Waals surface area contributed by atoms with E-state index in [4.69, 9.17) is 0 Å². The molecule has 0 bridgehead atoms. The molecule has 0 saturated carbocycles. The van der Waals surface area contributed by atoms with Gasteiger partial charge in [-0.25, -0.2) is 13.1 Å². The van der Waals surface area contributed by atoms with Gasteiger partial charge in [0.25, 0.3) is 0 Å². The topological polar surface area (TPSA) is 66.4 Å². The number of rotatable bonds is 4. The van der Waals surface area contributed by atoms with Crippen molar-refractivity contribution in [1.29, 1.82) is 0 Å². The van der Waals surface area contributed by atoms with Crippen LogP contribution in [0.3, 0.4) is 0 Å². The van der Waals surface area contributed by atoms with E-state index in [1.807, 2.05) is 48.5 Å². The third-order valence-corrected chi connectivity index (χ3v) is 6.25. The van der Waals surface area contributed by atoms with Gasteiger partial charge in [0.2, 0.25) is 10.0 Å². The number of aliphatic hydroxyl groups is 1. The van der Waals surface area contributed by atoms with Crippen LogP contribution in [-0.4, -0.2) is 25.7 Å². The average molecular weight is 353 g/mol. The fraction of sp³-hybridized carbons (Fsp3) is 0.200. The largest absolute Gasteiger partial charge is 0.388 e. The number of hydrogen-bond acceptors (Lipinski definition) is 3. The summed E-state index contributed by atoms with van der Waals surface area (Å²) in [6.45, 7) is -0.00671. The second-order valence-corrected chi connectivity index (χ2v) is 8.38. The molecule has 0 aliphatic heterocycles. The van der Waals surface area contributed by atoms with Crippen LogP contribution < -0.4 is 4.72 Å². The minimum atomic E-state index is -3.71. The minimum Gasteiger partial charge on any atom is -0.388 e. The number of benzene rings is 3. The lowest BCUT2D eigenvalue weighted by atomic mass is 10.0. The fourth-order valence-electron chi connectivity index (χ4n) is 3.54. The van der Waals surface area contributed by atoms with Gasteiger partial charge in [0.05, 0.1) is 10.5 Å². The Balaban J connectivity index is 1.58. The molecule has 3 aromatic carbocycles. The fourth-order valence-corrected chi connectivity index (χ4v) is 4.88. The second-order valence-electron chi connectivity index (χ2n) is 6.65. The average Bonchev–Trinajstić information content (AvgIpc) is 2.96. The Hall–Kier alpha value is -2.21. The van der Waals surface area contributed by atoms with Gasteiger partial charge in [-0.15, -0.1) is 0 Å². The third kappa shape index (κ3) is 3.06. The molecule has 5 heteroatoms. The summed E-state index contributed by atoms with van der Waals surface area (Å²) in [4.78, 5) is 0.240. The number of fused-ring (bicyclic) bond motifs is 2. The molecule has 3 aromatic rings. The first-order chi connectivity index (χ1) is 12.0. The van der Waals surface area contributed by atoms with E-state index < -0.39 is 15.6 Å². The summed E-state index contributed by atoms with van der Waals surface area (Å²) >= 11 is 0. The van der Waals surface area contributed by atoms with E-state index in [1.165, 1.54) is 0 Å². The highest BCUT2D eigenvalue weighted by atomic mass is 32.2. The van der Waals surface area contributed by atoms with Crippen LogP contribution in [0.15, 0.2) is 71.6 Å². The smallest absolute Gasteiger partial charge is 0.241 e. The predicted octanol–water partition coefficient (Wildman–Crippen LogP) is 2.65. The first kappa shape index (κ1) is 16.3. The third-order valence-electron chi connectivity index (χ3n) is 4.79. The van der Waals surface area contributed by atoms with Crippen LogP contribution in [0.2, 0.25) is 0 Å². The van der Waals surface area contributed by atoms with E-state index in [9.17, 15) is 13.5 Å². The normalized spacial score (nSPS) is 16.0. The summed E-state index contributed by atoms with van der Waals surface area (Å²) in [5.74, 6) is 0. The van der Waals surface area contributed by atoms with Gasteiger partial charge in [0.15, 0.2) is 0 Å². The van der Waals surface area contributed by atoms with Gasteiger partial charge in [-0.2, -0.15) is 0 Å². The molecular weight excluding hydrogens is 334 g/mol. The molecule has 0 amide bonds. The molecule has 1 aliphatic carbocycles. The molecule has 0 saturated heterocycles. The summed E-state index contributed by atoms with van der Waals surface area (Å²) in [5.41, 5.74) is 1.07. The highest BCUT2D eigenvalue weighted by Gasteiger charge is 2.36. The van der Waals surface area contributed by atoms with Crippen molar-refractivity contribution in [3.63, 3.8) is 0 Å². The Morgan fingerprint density at radius 1 is 0.880 bits per heavy atom. The molecule has 25 heavy (non-hydrogen) atoms. The van der Waals surface area contributed by atoms with Crippen molar-refractivity contribution in [1.82, 2.24) is 4.72 Å². The van der Waals surface area contributed by atoms with Gasteiger partial charge in [-0.1, -0.05) is 60.7 Å². The summed E-state index contributed by atoms with van der Waals surface area (Å²) in [6, 6.07) is 20.4. The Morgan fingerprint density at radius 2 is 1.48 bits per heavy atom. The van der Waals surface area contributed by atoms with Gasteiger partial charge < -0.3 is 5.11 Å². The summed E-state index contributed by atoms with van der Waals surface area (Å²) in [6.07, 6.45) is 0.919. The predicted molar refractivity (Wildman–Crippen MR) is 97.9 cm³/mol. The van der Waals surface area contributed by atoms with Crippen molar-refractivity contribution in [2.45, 2.75) is 23.3 Å². The van der Waals surface area contributed by atoms with E-state index in [-0.39, 0.29) is 11.4 Å². The zero-order valence-corrected chi connectivity index (χ0v) is 14.5. The summed E-state index contributed by atoms with van der Waals surface area (Å²) in [7, 11) is -3.71. The monoisotopic (exact) mass is 353 g/mol. The van der Waals surface area contributed by atoms with Crippen LogP contribution in [0.1, 0.15) is 11.1 Å². The Bertz CT molecular complexity index is 1010. The van der Waals surface area contributed by atoms with Gasteiger partial charge in [-0.3, -0.25) is 0 Å². The molecule has 2 N–H and O–H groups in total. The molecule has 4 rings (SSSR count). The maximum absolute atomic E-state index is 12.8. The van der Waals surface area contributed by atoms with Crippen LogP contribution in [0, 0.1) is 0 Å². The molecule has 0 unspecified atom stereocenters. The van der Waals surface area contributed by atoms with E-state index in [2.05, 4.69) is 4.72 Å². The van der Waals surface area contributed by atoms with Crippen molar-refractivity contribution in [3.8, 4) is 0 Å². The lowest BCUT2D eigenvalue weighted by Gasteiger charge is -2.22. The van der Waals surface area contributed by atoms with Gasteiger partial charge in [0, 0.05) is 24.8 Å². The molecule has 0 aromatic heterocycles. The molecule has 0 spiro atoms. The minimum absolute atomic E-state index is 0.00671. The summed E-state index contributed by atoms with van der Waals surface area (Å²) < 4.78 is 28.2. The van der Waals surface area contributed by atoms with Crippen molar-refractivity contribution in [2.24, 2.45) is 0 Å². The lowest BCUT2D eigenvalue weighted by molar-refractivity contribution is 0.0568. The van der Waals surface area contributed by atoms with Crippen molar-refractivity contribution in [3.05, 3.63) is 77.9 Å². The molecule has 0 radical (unpaired) electrons. The quantitative estimate of drug-likeness (QED) is 0.758. The van der Waals surface area contributed by atoms with E-state index in [1.54, 1.807) is 18.2 Å². The van der Waals surface area contributed by atoms with Crippen LogP contribution in [0.5, 0.6) is 0 Å². The number of hydrogen-bond donors (Lipinski definition) is 2. The number of sulfonamides is 1. The van der Waals surface area contributed by atoms with Crippen LogP contribution in [0.25, 0.3) is 10.8 Å². The standard InChI is InChI=1S/C20H19NO3S/c22-20(12-16-7-1-2-8-17(16)13-20)14-21-25(23,24)19-11-5-9-15-6-3-4-10-18(15)19/h1-11,21-22H,12-14H2. The Morgan fingerprint density at radius 3 is 2.20 bits per heavy atom. The molecule has 0 heterocycles. The molecule has 0 atom stereocenters. The van der Waals surface area contributed by atoms with Crippen molar-refractivity contribution < 1.29 is 13.5 Å². The second kappa shape index (κ2) is 5.95. The SMILES string of the molecule is O=S(=O)(NCC1(O)Cc2ccccc2C1)c1cccc2ccccc12. The van der Waals surface area contributed by atoms with Crippen molar-refractivity contribution >= 4 is 20.8 Å². The molecule has 4 nitrogen and oxygen atoms in total. The van der Waals surface area contributed by atoms with Crippen molar-refractivity contribution in [2.75, 3.05) is 6.54 Å². The molecular formula is C20H19NO3S. The maximum Gasteiger partial charge on any atom is 0.241 e. The lowest BCUT2D eigenvalue weighted by Crippen LogP contribution is -2.43. The zero-order valence-electron chi connectivity index (χ0n) is 13.6. The molecule has 128 valence electrons. The Labute approximate surface area is 147 Å². The Kier molecular flexibility index (Phi) is 3.87.